The molecule has 0 saturated heterocycles. The highest BCUT2D eigenvalue weighted by Crippen LogP contribution is 2.23. The summed E-state index contributed by atoms with van der Waals surface area (Å²) in [6.45, 7) is 4.77. The van der Waals surface area contributed by atoms with Crippen molar-refractivity contribution in [2.24, 2.45) is 0 Å². The lowest BCUT2D eigenvalue weighted by atomic mass is 10.0. The second kappa shape index (κ2) is 5.00. The molecule has 0 spiro atoms. The van der Waals surface area contributed by atoms with Gasteiger partial charge in [0.25, 0.3) is 0 Å². The molecule has 1 aromatic carbocycles. The van der Waals surface area contributed by atoms with Gasteiger partial charge in [0.15, 0.2) is 0 Å². The van der Waals surface area contributed by atoms with Gasteiger partial charge in [-0.2, -0.15) is 0 Å². The molecule has 2 aromatic rings. The number of aromatic nitrogens is 3. The van der Waals surface area contributed by atoms with E-state index in [0.717, 1.165) is 29.8 Å². The van der Waals surface area contributed by atoms with Gasteiger partial charge < -0.3 is 5.11 Å². The average molecular weight is 245 g/mol. The van der Waals surface area contributed by atoms with E-state index in [9.17, 15) is 4.79 Å². The van der Waals surface area contributed by atoms with Crippen LogP contribution >= 0.6 is 0 Å². The lowest BCUT2D eigenvalue weighted by Crippen LogP contribution is -2.03. The molecular weight excluding hydrogens is 230 g/mol. The number of aromatic carboxylic acids is 1. The van der Waals surface area contributed by atoms with Crippen LogP contribution in [0, 0.1) is 6.92 Å². The summed E-state index contributed by atoms with van der Waals surface area (Å²) in [5.41, 5.74) is 3.10. The smallest absolute Gasteiger partial charge is 0.335 e. The van der Waals surface area contributed by atoms with E-state index in [2.05, 4.69) is 17.2 Å². The second-order valence-electron chi connectivity index (χ2n) is 4.18. The van der Waals surface area contributed by atoms with Crippen LogP contribution in [0.2, 0.25) is 0 Å². The fraction of sp³-hybridized carbons (Fsp3) is 0.308. The van der Waals surface area contributed by atoms with Gasteiger partial charge >= 0.3 is 5.97 Å². The molecule has 94 valence electrons. The van der Waals surface area contributed by atoms with Gasteiger partial charge in [-0.05, 0) is 31.0 Å². The fourth-order valence-electron chi connectivity index (χ4n) is 1.93. The average Bonchev–Trinajstić information content (AvgIpc) is 2.77. The first kappa shape index (κ1) is 12.3. The largest absolute Gasteiger partial charge is 0.478 e. The topological polar surface area (TPSA) is 68.0 Å². The van der Waals surface area contributed by atoms with Crippen molar-refractivity contribution in [1.29, 1.82) is 0 Å². The summed E-state index contributed by atoms with van der Waals surface area (Å²) in [6.07, 6.45) is 2.68. The molecule has 0 saturated carbocycles. The van der Waals surface area contributed by atoms with Crippen LogP contribution in [0.3, 0.4) is 0 Å². The third kappa shape index (κ3) is 2.25. The fourth-order valence-corrected chi connectivity index (χ4v) is 1.93. The van der Waals surface area contributed by atoms with Crippen molar-refractivity contribution in [3.63, 3.8) is 0 Å². The Kier molecular flexibility index (Phi) is 3.41. The first-order valence-corrected chi connectivity index (χ1v) is 5.86. The Labute approximate surface area is 105 Å². The Hall–Kier alpha value is -2.17. The molecule has 0 amide bonds. The Morgan fingerprint density at radius 1 is 1.44 bits per heavy atom. The lowest BCUT2D eigenvalue weighted by molar-refractivity contribution is 0.0697. The molecule has 0 aliphatic carbocycles. The van der Waals surface area contributed by atoms with Crippen molar-refractivity contribution in [3.8, 4) is 11.3 Å². The van der Waals surface area contributed by atoms with E-state index in [-0.39, 0.29) is 0 Å². The SMILES string of the molecule is CCCn1nncc1-c1ccc(C(=O)O)cc1C. The van der Waals surface area contributed by atoms with Crippen LogP contribution in [0.15, 0.2) is 24.4 Å². The van der Waals surface area contributed by atoms with Crippen molar-refractivity contribution >= 4 is 5.97 Å². The maximum atomic E-state index is 10.9. The molecule has 1 aromatic heterocycles. The monoisotopic (exact) mass is 245 g/mol. The molecule has 0 bridgehead atoms. The molecule has 0 aliphatic heterocycles. The second-order valence-corrected chi connectivity index (χ2v) is 4.18. The Bertz CT molecular complexity index is 575. The van der Waals surface area contributed by atoms with Crippen molar-refractivity contribution in [2.45, 2.75) is 26.8 Å². The highest BCUT2D eigenvalue weighted by molar-refractivity contribution is 5.88. The van der Waals surface area contributed by atoms with Crippen molar-refractivity contribution in [1.82, 2.24) is 15.0 Å². The van der Waals surface area contributed by atoms with E-state index in [4.69, 9.17) is 5.11 Å². The van der Waals surface area contributed by atoms with Crippen molar-refractivity contribution in [3.05, 3.63) is 35.5 Å². The molecule has 0 fully saturated rings. The van der Waals surface area contributed by atoms with E-state index in [1.54, 1.807) is 18.3 Å². The highest BCUT2D eigenvalue weighted by atomic mass is 16.4. The number of carboxylic acids is 1. The number of carbonyl (C=O) groups is 1. The van der Waals surface area contributed by atoms with Gasteiger partial charge in [-0.3, -0.25) is 0 Å². The minimum Gasteiger partial charge on any atom is -0.478 e. The van der Waals surface area contributed by atoms with Gasteiger partial charge in [0.1, 0.15) is 0 Å². The standard InChI is InChI=1S/C13H15N3O2/c1-3-6-16-12(8-14-15-16)11-5-4-10(13(17)18)7-9(11)2/h4-5,7-8H,3,6H2,1-2H3,(H,17,18). The van der Waals surface area contributed by atoms with Gasteiger partial charge in [0.05, 0.1) is 17.5 Å². The third-order valence-electron chi connectivity index (χ3n) is 2.80. The Morgan fingerprint density at radius 2 is 2.22 bits per heavy atom. The van der Waals surface area contributed by atoms with E-state index in [1.165, 1.54) is 0 Å². The number of hydrogen-bond acceptors (Lipinski definition) is 3. The van der Waals surface area contributed by atoms with E-state index >= 15 is 0 Å². The van der Waals surface area contributed by atoms with E-state index < -0.39 is 5.97 Å². The summed E-state index contributed by atoms with van der Waals surface area (Å²) in [5, 5.41) is 16.9. The summed E-state index contributed by atoms with van der Waals surface area (Å²) in [5.74, 6) is -0.912. The molecular formula is C13H15N3O2. The summed E-state index contributed by atoms with van der Waals surface area (Å²) < 4.78 is 1.84. The number of rotatable bonds is 4. The van der Waals surface area contributed by atoms with Crippen LogP contribution in [0.1, 0.15) is 29.3 Å². The number of benzene rings is 1. The lowest BCUT2D eigenvalue weighted by Gasteiger charge is -2.08. The number of carboxylic acid groups (broad SMARTS) is 1. The molecule has 1 N–H and O–H groups in total. The number of nitrogens with zero attached hydrogens (tertiary/aromatic N) is 3. The molecule has 0 radical (unpaired) electrons. The Balaban J connectivity index is 2.44. The van der Waals surface area contributed by atoms with Gasteiger partial charge in [0.2, 0.25) is 0 Å². The molecule has 5 nitrogen and oxygen atoms in total. The van der Waals surface area contributed by atoms with E-state index in [0.29, 0.717) is 5.56 Å². The summed E-state index contributed by atoms with van der Waals surface area (Å²) in [7, 11) is 0. The van der Waals surface area contributed by atoms with Crippen LogP contribution in [0.25, 0.3) is 11.3 Å². The van der Waals surface area contributed by atoms with Gasteiger partial charge in [-0.15, -0.1) is 5.10 Å². The summed E-state index contributed by atoms with van der Waals surface area (Å²) in [6, 6.07) is 5.08. The van der Waals surface area contributed by atoms with Crippen LogP contribution in [-0.4, -0.2) is 26.1 Å². The minimum absolute atomic E-state index is 0.297. The molecule has 0 aliphatic rings. The third-order valence-corrected chi connectivity index (χ3v) is 2.80. The summed E-state index contributed by atoms with van der Waals surface area (Å²) >= 11 is 0. The quantitative estimate of drug-likeness (QED) is 0.897. The molecule has 5 heteroatoms. The van der Waals surface area contributed by atoms with Gasteiger partial charge in [-0.25, -0.2) is 9.48 Å². The predicted octanol–water partition coefficient (Wildman–Crippen LogP) is 2.36. The Morgan fingerprint density at radius 3 is 2.83 bits per heavy atom. The zero-order chi connectivity index (χ0) is 13.1. The van der Waals surface area contributed by atoms with Gasteiger partial charge in [0, 0.05) is 12.1 Å². The van der Waals surface area contributed by atoms with Crippen molar-refractivity contribution < 1.29 is 9.90 Å². The van der Waals surface area contributed by atoms with Crippen molar-refractivity contribution in [2.75, 3.05) is 0 Å². The molecule has 18 heavy (non-hydrogen) atoms. The number of hydrogen-bond donors (Lipinski definition) is 1. The zero-order valence-corrected chi connectivity index (χ0v) is 10.4. The maximum Gasteiger partial charge on any atom is 0.335 e. The predicted molar refractivity (Wildman–Crippen MR) is 67.4 cm³/mol. The minimum atomic E-state index is -0.912. The van der Waals surface area contributed by atoms with E-state index in [1.807, 2.05) is 17.7 Å². The van der Waals surface area contributed by atoms with Crippen LogP contribution < -0.4 is 0 Å². The van der Waals surface area contributed by atoms with Crippen LogP contribution in [0.4, 0.5) is 0 Å². The molecule has 2 rings (SSSR count). The first-order chi connectivity index (χ1) is 8.63. The summed E-state index contributed by atoms with van der Waals surface area (Å²) in [4.78, 5) is 10.9. The maximum absolute atomic E-state index is 10.9. The zero-order valence-electron chi connectivity index (χ0n) is 10.4. The first-order valence-electron chi connectivity index (χ1n) is 5.86. The van der Waals surface area contributed by atoms with Crippen LogP contribution in [0.5, 0.6) is 0 Å². The molecule has 0 atom stereocenters. The number of aryl methyl sites for hydroxylation is 2. The molecule has 1 heterocycles. The molecule has 0 unspecified atom stereocenters. The normalized spacial score (nSPS) is 10.6. The van der Waals surface area contributed by atoms with Gasteiger partial charge in [-0.1, -0.05) is 18.2 Å². The highest BCUT2D eigenvalue weighted by Gasteiger charge is 2.11. The van der Waals surface area contributed by atoms with Crippen LogP contribution in [-0.2, 0) is 6.54 Å².